The lowest BCUT2D eigenvalue weighted by Crippen LogP contribution is -2.28. The Kier molecular flexibility index (Phi) is 4.80. The van der Waals surface area contributed by atoms with Crippen molar-refractivity contribution in [1.82, 2.24) is 5.32 Å². The molecule has 1 N–H and O–H groups in total. The fourth-order valence-electron chi connectivity index (χ4n) is 2.41. The van der Waals surface area contributed by atoms with E-state index in [1.807, 2.05) is 19.2 Å². The van der Waals surface area contributed by atoms with E-state index in [0.717, 1.165) is 25.0 Å². The number of nitrogens with one attached hydrogen (secondary N) is 1. The third kappa shape index (κ3) is 3.97. The van der Waals surface area contributed by atoms with Crippen LogP contribution in [0.2, 0.25) is 0 Å². The highest BCUT2D eigenvalue weighted by Gasteiger charge is 2.10. The first-order valence-electron chi connectivity index (χ1n) is 6.95. The Morgan fingerprint density at radius 2 is 2.05 bits per heavy atom. The predicted molar refractivity (Wildman–Crippen MR) is 79.5 cm³/mol. The van der Waals surface area contributed by atoms with E-state index in [0.29, 0.717) is 6.04 Å². The molecular formula is C17H23NO. The standard InChI is InChI=1S/C17H23NO/c1-13-6-7-14(2)15(11-13)12-16(18-3)8-9-17-5-4-10-19-17/h4-7,10-11,16,18H,8-9,12H2,1-3H3. The number of likely N-dealkylation sites (N-methyl/N-ethyl adjacent to an activating group) is 1. The second-order valence-corrected chi connectivity index (χ2v) is 5.24. The molecule has 2 aromatic rings. The molecule has 2 heteroatoms. The second-order valence-electron chi connectivity index (χ2n) is 5.24. The van der Waals surface area contributed by atoms with Crippen LogP contribution < -0.4 is 5.32 Å². The van der Waals surface area contributed by atoms with Crippen LogP contribution in [0.3, 0.4) is 0 Å². The topological polar surface area (TPSA) is 25.2 Å². The Balaban J connectivity index is 1.96. The molecule has 1 aromatic carbocycles. The average molecular weight is 257 g/mol. The summed E-state index contributed by atoms with van der Waals surface area (Å²) in [6, 6.07) is 11.2. The van der Waals surface area contributed by atoms with E-state index < -0.39 is 0 Å². The number of rotatable bonds is 6. The van der Waals surface area contributed by atoms with E-state index in [1.165, 1.54) is 16.7 Å². The van der Waals surface area contributed by atoms with Crippen molar-refractivity contribution in [1.29, 1.82) is 0 Å². The summed E-state index contributed by atoms with van der Waals surface area (Å²) in [4.78, 5) is 0. The van der Waals surface area contributed by atoms with Gasteiger partial charge in [0.2, 0.25) is 0 Å². The Bertz CT molecular complexity index is 502. The van der Waals surface area contributed by atoms with Crippen molar-refractivity contribution in [2.45, 2.75) is 39.2 Å². The zero-order valence-corrected chi connectivity index (χ0v) is 12.1. The minimum absolute atomic E-state index is 0.491. The fraction of sp³-hybridized carbons (Fsp3) is 0.412. The van der Waals surface area contributed by atoms with E-state index in [2.05, 4.69) is 37.4 Å². The average Bonchev–Trinajstić information content (AvgIpc) is 2.91. The van der Waals surface area contributed by atoms with Gasteiger partial charge in [0.05, 0.1) is 6.26 Å². The lowest BCUT2D eigenvalue weighted by atomic mass is 9.96. The molecule has 19 heavy (non-hydrogen) atoms. The molecule has 0 fully saturated rings. The van der Waals surface area contributed by atoms with Crippen LogP contribution in [0.4, 0.5) is 0 Å². The summed E-state index contributed by atoms with van der Waals surface area (Å²) < 4.78 is 5.39. The molecule has 0 aliphatic heterocycles. The van der Waals surface area contributed by atoms with E-state index in [-0.39, 0.29) is 0 Å². The normalized spacial score (nSPS) is 12.6. The molecule has 1 atom stereocenters. The number of furan rings is 1. The Labute approximate surface area is 115 Å². The maximum atomic E-state index is 5.39. The van der Waals surface area contributed by atoms with Crippen molar-refractivity contribution in [2.24, 2.45) is 0 Å². The Morgan fingerprint density at radius 1 is 1.21 bits per heavy atom. The summed E-state index contributed by atoms with van der Waals surface area (Å²) in [5, 5.41) is 3.42. The van der Waals surface area contributed by atoms with Crippen molar-refractivity contribution < 1.29 is 4.42 Å². The van der Waals surface area contributed by atoms with E-state index >= 15 is 0 Å². The summed E-state index contributed by atoms with van der Waals surface area (Å²) >= 11 is 0. The highest BCUT2D eigenvalue weighted by molar-refractivity contribution is 5.31. The maximum Gasteiger partial charge on any atom is 0.103 e. The zero-order valence-electron chi connectivity index (χ0n) is 12.1. The van der Waals surface area contributed by atoms with Crippen LogP contribution in [0.5, 0.6) is 0 Å². The molecule has 1 heterocycles. The zero-order chi connectivity index (χ0) is 13.7. The van der Waals surface area contributed by atoms with Gasteiger partial charge in [0.1, 0.15) is 5.76 Å². The third-order valence-electron chi connectivity index (χ3n) is 3.70. The quantitative estimate of drug-likeness (QED) is 0.854. The molecule has 0 radical (unpaired) electrons. The predicted octanol–water partition coefficient (Wildman–Crippen LogP) is 3.66. The second kappa shape index (κ2) is 6.58. The number of benzene rings is 1. The molecule has 0 aliphatic carbocycles. The first-order valence-corrected chi connectivity index (χ1v) is 6.95. The lowest BCUT2D eigenvalue weighted by molar-refractivity contribution is 0.460. The van der Waals surface area contributed by atoms with Crippen molar-refractivity contribution in [2.75, 3.05) is 7.05 Å². The number of hydrogen-bond donors (Lipinski definition) is 1. The molecule has 2 rings (SSSR count). The van der Waals surface area contributed by atoms with Crippen LogP contribution in [0.15, 0.2) is 41.0 Å². The van der Waals surface area contributed by atoms with Gasteiger partial charge in [-0.1, -0.05) is 23.8 Å². The highest BCUT2D eigenvalue weighted by Crippen LogP contribution is 2.15. The largest absolute Gasteiger partial charge is 0.469 e. The molecule has 0 aliphatic rings. The van der Waals surface area contributed by atoms with Gasteiger partial charge in [-0.2, -0.15) is 0 Å². The molecule has 0 amide bonds. The van der Waals surface area contributed by atoms with Gasteiger partial charge in [0.15, 0.2) is 0 Å². The molecule has 0 spiro atoms. The van der Waals surface area contributed by atoms with Gasteiger partial charge < -0.3 is 9.73 Å². The van der Waals surface area contributed by atoms with E-state index in [1.54, 1.807) is 6.26 Å². The first kappa shape index (κ1) is 13.9. The molecule has 0 bridgehead atoms. The minimum atomic E-state index is 0.491. The summed E-state index contributed by atoms with van der Waals surface area (Å²) in [6.45, 7) is 4.34. The van der Waals surface area contributed by atoms with Crippen molar-refractivity contribution >= 4 is 0 Å². The monoisotopic (exact) mass is 257 g/mol. The first-order chi connectivity index (χ1) is 9.19. The van der Waals surface area contributed by atoms with Gasteiger partial charge in [-0.3, -0.25) is 0 Å². The highest BCUT2D eigenvalue weighted by atomic mass is 16.3. The maximum absolute atomic E-state index is 5.39. The van der Waals surface area contributed by atoms with Crippen LogP contribution in [0, 0.1) is 13.8 Å². The van der Waals surface area contributed by atoms with Crippen molar-refractivity contribution in [3.63, 3.8) is 0 Å². The summed E-state index contributed by atoms with van der Waals surface area (Å²) in [7, 11) is 2.04. The summed E-state index contributed by atoms with van der Waals surface area (Å²) in [5.74, 6) is 1.07. The smallest absolute Gasteiger partial charge is 0.103 e. The van der Waals surface area contributed by atoms with Crippen LogP contribution in [-0.2, 0) is 12.8 Å². The molecule has 1 unspecified atom stereocenters. The van der Waals surface area contributed by atoms with Gasteiger partial charge in [-0.15, -0.1) is 0 Å². The SMILES string of the molecule is CNC(CCc1ccco1)Cc1cc(C)ccc1C. The molecule has 0 saturated heterocycles. The van der Waals surface area contributed by atoms with Gasteiger partial charge in [0, 0.05) is 12.5 Å². The molecular weight excluding hydrogens is 234 g/mol. The third-order valence-corrected chi connectivity index (χ3v) is 3.70. The molecule has 102 valence electrons. The van der Waals surface area contributed by atoms with Gasteiger partial charge in [-0.05, 0) is 57.0 Å². The van der Waals surface area contributed by atoms with Gasteiger partial charge >= 0.3 is 0 Å². The number of hydrogen-bond acceptors (Lipinski definition) is 2. The van der Waals surface area contributed by atoms with Crippen molar-refractivity contribution in [3.05, 3.63) is 59.0 Å². The fourth-order valence-corrected chi connectivity index (χ4v) is 2.41. The van der Waals surface area contributed by atoms with Gasteiger partial charge in [0.25, 0.3) is 0 Å². The van der Waals surface area contributed by atoms with Crippen LogP contribution in [-0.4, -0.2) is 13.1 Å². The van der Waals surface area contributed by atoms with Crippen LogP contribution in [0.1, 0.15) is 28.9 Å². The summed E-state index contributed by atoms with van der Waals surface area (Å²) in [6.07, 6.45) is 4.90. The van der Waals surface area contributed by atoms with Crippen molar-refractivity contribution in [3.8, 4) is 0 Å². The van der Waals surface area contributed by atoms with Gasteiger partial charge in [-0.25, -0.2) is 0 Å². The van der Waals surface area contributed by atoms with E-state index in [9.17, 15) is 0 Å². The number of aryl methyl sites for hydroxylation is 3. The molecule has 0 saturated carbocycles. The van der Waals surface area contributed by atoms with E-state index in [4.69, 9.17) is 4.42 Å². The molecule has 1 aromatic heterocycles. The van der Waals surface area contributed by atoms with Crippen LogP contribution in [0.25, 0.3) is 0 Å². The lowest BCUT2D eigenvalue weighted by Gasteiger charge is -2.17. The summed E-state index contributed by atoms with van der Waals surface area (Å²) in [5.41, 5.74) is 4.16. The molecule has 2 nitrogen and oxygen atoms in total. The Hall–Kier alpha value is -1.54. The Morgan fingerprint density at radius 3 is 2.74 bits per heavy atom. The van der Waals surface area contributed by atoms with Crippen LogP contribution >= 0.6 is 0 Å². The minimum Gasteiger partial charge on any atom is -0.469 e.